The van der Waals surface area contributed by atoms with Gasteiger partial charge < -0.3 is 20.1 Å². The van der Waals surface area contributed by atoms with Crippen LogP contribution in [0.25, 0.3) is 10.9 Å². The van der Waals surface area contributed by atoms with E-state index in [0.717, 1.165) is 28.1 Å². The van der Waals surface area contributed by atoms with Crippen LogP contribution in [0.2, 0.25) is 0 Å². The van der Waals surface area contributed by atoms with Gasteiger partial charge in [0.25, 0.3) is 0 Å². The highest BCUT2D eigenvalue weighted by Gasteiger charge is 2.10. The van der Waals surface area contributed by atoms with Gasteiger partial charge in [0.2, 0.25) is 5.95 Å². The van der Waals surface area contributed by atoms with Gasteiger partial charge in [-0.3, -0.25) is 0 Å². The predicted molar refractivity (Wildman–Crippen MR) is 112 cm³/mol. The van der Waals surface area contributed by atoms with Crippen molar-refractivity contribution >= 4 is 34.0 Å². The van der Waals surface area contributed by atoms with Gasteiger partial charge in [-0.15, -0.1) is 0 Å². The lowest BCUT2D eigenvalue weighted by Crippen LogP contribution is -2.02. The molecule has 0 aliphatic carbocycles. The normalized spacial score (nSPS) is 10.5. The van der Waals surface area contributed by atoms with E-state index in [2.05, 4.69) is 20.6 Å². The van der Waals surface area contributed by atoms with Crippen molar-refractivity contribution in [2.45, 2.75) is 0 Å². The van der Waals surface area contributed by atoms with Crippen molar-refractivity contribution in [3.8, 4) is 11.5 Å². The third kappa shape index (κ3) is 3.66. The van der Waals surface area contributed by atoms with E-state index < -0.39 is 0 Å². The molecule has 0 bridgehead atoms. The molecule has 28 heavy (non-hydrogen) atoms. The molecule has 0 aliphatic heterocycles. The fourth-order valence-electron chi connectivity index (χ4n) is 2.93. The molecule has 4 rings (SSSR count). The van der Waals surface area contributed by atoms with Crippen LogP contribution in [0, 0.1) is 0 Å². The van der Waals surface area contributed by atoms with Crippen molar-refractivity contribution in [2.75, 3.05) is 24.9 Å². The van der Waals surface area contributed by atoms with E-state index in [1.165, 1.54) is 0 Å². The Hall–Kier alpha value is -3.80. The lowest BCUT2D eigenvalue weighted by Gasteiger charge is -2.13. The van der Waals surface area contributed by atoms with Gasteiger partial charge in [-0.1, -0.05) is 30.3 Å². The minimum absolute atomic E-state index is 0.490. The van der Waals surface area contributed by atoms with E-state index >= 15 is 0 Å². The average Bonchev–Trinajstić information content (AvgIpc) is 2.74. The van der Waals surface area contributed by atoms with Crippen LogP contribution in [0.4, 0.5) is 23.1 Å². The largest absolute Gasteiger partial charge is 0.493 e. The van der Waals surface area contributed by atoms with Gasteiger partial charge in [-0.05, 0) is 36.4 Å². The smallest absolute Gasteiger partial charge is 0.229 e. The van der Waals surface area contributed by atoms with Crippen molar-refractivity contribution in [1.82, 2.24) is 9.97 Å². The van der Waals surface area contributed by atoms with Gasteiger partial charge in [-0.2, -0.15) is 4.98 Å². The molecule has 4 aromatic rings. The van der Waals surface area contributed by atoms with Crippen LogP contribution < -0.4 is 20.1 Å². The Kier molecular flexibility index (Phi) is 4.93. The molecule has 0 saturated heterocycles. The molecule has 0 radical (unpaired) electrons. The molecule has 140 valence electrons. The molecule has 0 amide bonds. The first kappa shape index (κ1) is 17.6. The zero-order valence-electron chi connectivity index (χ0n) is 15.6. The van der Waals surface area contributed by atoms with Gasteiger partial charge in [0, 0.05) is 22.8 Å². The molecule has 1 aromatic heterocycles. The van der Waals surface area contributed by atoms with Crippen molar-refractivity contribution < 1.29 is 9.47 Å². The second kappa shape index (κ2) is 7.84. The highest BCUT2D eigenvalue weighted by Crippen LogP contribution is 2.31. The summed E-state index contributed by atoms with van der Waals surface area (Å²) in [5.41, 5.74) is 2.61. The first-order valence-corrected chi connectivity index (χ1v) is 8.85. The Morgan fingerprint density at radius 2 is 1.43 bits per heavy atom. The first-order valence-electron chi connectivity index (χ1n) is 8.85. The molecule has 0 aliphatic rings. The van der Waals surface area contributed by atoms with Gasteiger partial charge in [-0.25, -0.2) is 4.98 Å². The highest BCUT2D eigenvalue weighted by molar-refractivity contribution is 5.92. The molecule has 6 nitrogen and oxygen atoms in total. The number of hydrogen-bond acceptors (Lipinski definition) is 6. The van der Waals surface area contributed by atoms with Gasteiger partial charge in [0.15, 0.2) is 11.5 Å². The standard InChI is InChI=1S/C22H20N4O2/c1-27-19-13-12-16(14-20(19)28-2)24-22-25-18-11-7-6-10-17(18)21(26-22)23-15-8-4-3-5-9-15/h3-14H,1-2H3,(H2,23,24,25,26). The second-order valence-electron chi connectivity index (χ2n) is 6.10. The summed E-state index contributed by atoms with van der Waals surface area (Å²) in [4.78, 5) is 9.32. The summed E-state index contributed by atoms with van der Waals surface area (Å²) in [7, 11) is 3.22. The molecule has 0 spiro atoms. The maximum absolute atomic E-state index is 5.37. The van der Waals surface area contributed by atoms with Crippen LogP contribution in [0.1, 0.15) is 0 Å². The van der Waals surface area contributed by atoms with E-state index in [0.29, 0.717) is 17.4 Å². The molecule has 6 heteroatoms. The van der Waals surface area contributed by atoms with Crippen molar-refractivity contribution in [3.05, 3.63) is 72.8 Å². The lowest BCUT2D eigenvalue weighted by molar-refractivity contribution is 0.355. The number of para-hydroxylation sites is 2. The molecule has 0 unspecified atom stereocenters. The SMILES string of the molecule is COc1ccc(Nc2nc(Nc3ccccc3)c3ccccc3n2)cc1OC. The minimum Gasteiger partial charge on any atom is -0.493 e. The Labute approximate surface area is 163 Å². The quantitative estimate of drug-likeness (QED) is 0.489. The molecule has 0 saturated carbocycles. The van der Waals surface area contributed by atoms with Crippen LogP contribution in [-0.4, -0.2) is 24.2 Å². The molecular weight excluding hydrogens is 352 g/mol. The fraction of sp³-hybridized carbons (Fsp3) is 0.0909. The summed E-state index contributed by atoms with van der Waals surface area (Å²) in [6.07, 6.45) is 0. The third-order valence-corrected chi connectivity index (χ3v) is 4.28. The van der Waals surface area contributed by atoms with Crippen LogP contribution in [0.15, 0.2) is 72.8 Å². The van der Waals surface area contributed by atoms with E-state index in [-0.39, 0.29) is 0 Å². The summed E-state index contributed by atoms with van der Waals surface area (Å²) >= 11 is 0. The van der Waals surface area contributed by atoms with Crippen LogP contribution >= 0.6 is 0 Å². The van der Waals surface area contributed by atoms with Gasteiger partial charge >= 0.3 is 0 Å². The highest BCUT2D eigenvalue weighted by atomic mass is 16.5. The Morgan fingerprint density at radius 3 is 2.21 bits per heavy atom. The fourth-order valence-corrected chi connectivity index (χ4v) is 2.93. The predicted octanol–water partition coefficient (Wildman–Crippen LogP) is 5.13. The van der Waals surface area contributed by atoms with E-state index in [9.17, 15) is 0 Å². The van der Waals surface area contributed by atoms with Crippen LogP contribution in [0.3, 0.4) is 0 Å². The molecule has 2 N–H and O–H groups in total. The zero-order chi connectivity index (χ0) is 19.3. The monoisotopic (exact) mass is 372 g/mol. The molecule has 0 atom stereocenters. The number of benzene rings is 3. The Balaban J connectivity index is 1.71. The molecular formula is C22H20N4O2. The van der Waals surface area contributed by atoms with E-state index in [1.807, 2.05) is 72.8 Å². The van der Waals surface area contributed by atoms with Crippen LogP contribution in [-0.2, 0) is 0 Å². The number of aromatic nitrogens is 2. The molecule has 1 heterocycles. The van der Waals surface area contributed by atoms with Gasteiger partial charge in [0.05, 0.1) is 19.7 Å². The summed E-state index contributed by atoms with van der Waals surface area (Å²) in [5, 5.41) is 7.58. The summed E-state index contributed by atoms with van der Waals surface area (Å²) in [6.45, 7) is 0. The molecule has 0 fully saturated rings. The number of nitrogens with one attached hydrogen (secondary N) is 2. The summed E-state index contributed by atoms with van der Waals surface area (Å²) in [5.74, 6) is 2.53. The summed E-state index contributed by atoms with van der Waals surface area (Å²) in [6, 6.07) is 23.4. The van der Waals surface area contributed by atoms with Crippen molar-refractivity contribution in [2.24, 2.45) is 0 Å². The topological polar surface area (TPSA) is 68.3 Å². The minimum atomic E-state index is 0.490. The maximum Gasteiger partial charge on any atom is 0.229 e. The van der Waals surface area contributed by atoms with E-state index in [1.54, 1.807) is 14.2 Å². The number of methoxy groups -OCH3 is 2. The van der Waals surface area contributed by atoms with E-state index in [4.69, 9.17) is 9.47 Å². The van der Waals surface area contributed by atoms with Crippen molar-refractivity contribution in [3.63, 3.8) is 0 Å². The van der Waals surface area contributed by atoms with Crippen LogP contribution in [0.5, 0.6) is 11.5 Å². The number of anilines is 4. The number of fused-ring (bicyclic) bond motifs is 1. The number of nitrogens with zero attached hydrogens (tertiary/aromatic N) is 2. The number of ether oxygens (including phenoxy) is 2. The number of hydrogen-bond donors (Lipinski definition) is 2. The Bertz CT molecular complexity index is 1100. The number of rotatable bonds is 6. The zero-order valence-corrected chi connectivity index (χ0v) is 15.6. The maximum atomic E-state index is 5.37. The first-order chi connectivity index (χ1) is 13.8. The third-order valence-electron chi connectivity index (χ3n) is 4.28. The Morgan fingerprint density at radius 1 is 0.679 bits per heavy atom. The van der Waals surface area contributed by atoms with Gasteiger partial charge in [0.1, 0.15) is 5.82 Å². The van der Waals surface area contributed by atoms with Crippen molar-refractivity contribution in [1.29, 1.82) is 0 Å². The lowest BCUT2D eigenvalue weighted by atomic mass is 10.2. The second-order valence-corrected chi connectivity index (χ2v) is 6.10. The average molecular weight is 372 g/mol. The summed E-state index contributed by atoms with van der Waals surface area (Å²) < 4.78 is 10.7. The molecule has 3 aromatic carbocycles.